The first-order valence-electron chi connectivity index (χ1n) is 6.69. The Bertz CT molecular complexity index is 684. The van der Waals surface area contributed by atoms with Crippen molar-refractivity contribution < 1.29 is 19.4 Å². The summed E-state index contributed by atoms with van der Waals surface area (Å²) in [6, 6.07) is 3.42. The summed E-state index contributed by atoms with van der Waals surface area (Å²) in [5.41, 5.74) is -2.02. The van der Waals surface area contributed by atoms with E-state index in [0.717, 1.165) is 11.3 Å². The van der Waals surface area contributed by atoms with Crippen LogP contribution in [0, 0.1) is 34.0 Å². The van der Waals surface area contributed by atoms with Crippen molar-refractivity contribution in [3.63, 3.8) is 0 Å². The fourth-order valence-corrected chi connectivity index (χ4v) is 3.06. The van der Waals surface area contributed by atoms with Gasteiger partial charge in [0.1, 0.15) is 10.4 Å². The highest BCUT2D eigenvalue weighted by Crippen LogP contribution is 2.35. The van der Waals surface area contributed by atoms with Crippen LogP contribution < -0.4 is 0 Å². The van der Waals surface area contributed by atoms with E-state index < -0.39 is 28.7 Å². The molecular weight excluding hydrogens is 318 g/mol. The number of nitrogens with zero attached hydrogens (tertiary/aromatic N) is 3. The molecule has 0 aliphatic rings. The van der Waals surface area contributed by atoms with E-state index in [0.29, 0.717) is 5.69 Å². The Balaban J connectivity index is 3.21. The fourth-order valence-electron chi connectivity index (χ4n) is 2.05. The number of carboxylic acids is 1. The van der Waals surface area contributed by atoms with E-state index in [1.807, 2.05) is 0 Å². The van der Waals surface area contributed by atoms with Crippen molar-refractivity contribution in [2.45, 2.75) is 32.6 Å². The third-order valence-electron chi connectivity index (χ3n) is 3.64. The second kappa shape index (κ2) is 6.76. The summed E-state index contributed by atoms with van der Waals surface area (Å²) in [5.74, 6) is -3.06. The number of thiazole rings is 1. The number of methoxy groups -OCH3 is 1. The lowest BCUT2D eigenvalue weighted by atomic mass is 9.79. The molecule has 1 aromatic rings. The average molecular weight is 335 g/mol. The van der Waals surface area contributed by atoms with Crippen LogP contribution in [0.25, 0.3) is 0 Å². The molecule has 0 amide bonds. The smallest absolute Gasteiger partial charge is 0.318 e. The molecule has 23 heavy (non-hydrogen) atoms. The summed E-state index contributed by atoms with van der Waals surface area (Å²) >= 11 is 1.06. The molecule has 1 aromatic heterocycles. The van der Waals surface area contributed by atoms with Gasteiger partial charge in [-0.15, -0.1) is 11.3 Å². The Morgan fingerprint density at radius 2 is 1.96 bits per heavy atom. The second-order valence-electron chi connectivity index (χ2n) is 5.89. The lowest BCUT2D eigenvalue weighted by Crippen LogP contribution is -2.39. The minimum absolute atomic E-state index is 0.161. The highest BCUT2D eigenvalue weighted by atomic mass is 32.1. The van der Waals surface area contributed by atoms with Gasteiger partial charge in [-0.25, -0.2) is 4.98 Å². The van der Waals surface area contributed by atoms with Gasteiger partial charge in [-0.2, -0.15) is 10.5 Å². The van der Waals surface area contributed by atoms with Crippen LogP contribution in [0.3, 0.4) is 0 Å². The third kappa shape index (κ3) is 3.49. The van der Waals surface area contributed by atoms with Gasteiger partial charge >= 0.3 is 11.9 Å². The zero-order chi connectivity index (χ0) is 17.8. The molecule has 0 aromatic carbocycles. The van der Waals surface area contributed by atoms with Crippen LogP contribution in [0.15, 0.2) is 5.38 Å². The van der Waals surface area contributed by atoms with Gasteiger partial charge < -0.3 is 9.84 Å². The quantitative estimate of drug-likeness (QED) is 0.787. The third-order valence-corrected chi connectivity index (χ3v) is 4.77. The van der Waals surface area contributed by atoms with Gasteiger partial charge in [0.05, 0.1) is 30.4 Å². The van der Waals surface area contributed by atoms with Crippen molar-refractivity contribution in [3.8, 4) is 12.1 Å². The average Bonchev–Trinajstić information content (AvgIpc) is 2.95. The monoisotopic (exact) mass is 335 g/mol. The van der Waals surface area contributed by atoms with Gasteiger partial charge in [-0.05, 0) is 20.8 Å². The van der Waals surface area contributed by atoms with Crippen LogP contribution in [0.1, 0.15) is 31.5 Å². The first kappa shape index (κ1) is 18.6. The molecular formula is C15H17N3O4S. The van der Waals surface area contributed by atoms with E-state index in [4.69, 9.17) is 15.3 Å². The Labute approximate surface area is 138 Å². The van der Waals surface area contributed by atoms with E-state index in [9.17, 15) is 14.7 Å². The van der Waals surface area contributed by atoms with Gasteiger partial charge in [0, 0.05) is 11.8 Å². The van der Waals surface area contributed by atoms with Crippen molar-refractivity contribution in [2.24, 2.45) is 11.3 Å². The van der Waals surface area contributed by atoms with Crippen LogP contribution in [0.4, 0.5) is 0 Å². The minimum Gasteiger partial charge on any atom is -0.480 e. The lowest BCUT2D eigenvalue weighted by Gasteiger charge is -2.23. The Morgan fingerprint density at radius 3 is 2.39 bits per heavy atom. The largest absolute Gasteiger partial charge is 0.480 e. The number of aliphatic carboxylic acids is 1. The maximum atomic E-state index is 11.7. The van der Waals surface area contributed by atoms with Crippen molar-refractivity contribution in [3.05, 3.63) is 16.1 Å². The topological polar surface area (TPSA) is 124 Å². The zero-order valence-corrected chi connectivity index (χ0v) is 14.1. The fraction of sp³-hybridized carbons (Fsp3) is 0.533. The number of rotatable bonds is 6. The first-order chi connectivity index (χ1) is 10.6. The molecule has 1 N–H and O–H groups in total. The van der Waals surface area contributed by atoms with Crippen LogP contribution in [-0.2, 0) is 26.2 Å². The highest BCUT2D eigenvalue weighted by Gasteiger charge is 2.47. The molecule has 0 bridgehead atoms. The van der Waals surface area contributed by atoms with Gasteiger partial charge in [0.15, 0.2) is 5.92 Å². The molecule has 0 saturated heterocycles. The number of ether oxygens (including phenoxy) is 1. The first-order valence-corrected chi connectivity index (χ1v) is 7.57. The van der Waals surface area contributed by atoms with Crippen LogP contribution in [-0.4, -0.2) is 29.1 Å². The highest BCUT2D eigenvalue weighted by molar-refractivity contribution is 7.10. The summed E-state index contributed by atoms with van der Waals surface area (Å²) in [6.45, 7) is 4.70. The number of carbonyl (C=O) groups is 2. The number of carboxylic acid groups (broad SMARTS) is 1. The Hall–Kier alpha value is -2.45. The molecule has 122 valence electrons. The van der Waals surface area contributed by atoms with Crippen molar-refractivity contribution >= 4 is 23.3 Å². The van der Waals surface area contributed by atoms with Crippen molar-refractivity contribution in [2.75, 3.05) is 7.11 Å². The number of aromatic nitrogens is 1. The van der Waals surface area contributed by atoms with Gasteiger partial charge in [0.25, 0.3) is 0 Å². The molecule has 0 aliphatic carbocycles. The number of esters is 1. The van der Waals surface area contributed by atoms with E-state index in [1.165, 1.54) is 14.0 Å². The predicted octanol–water partition coefficient (Wildman–Crippen LogP) is 1.89. The van der Waals surface area contributed by atoms with Crippen LogP contribution in [0.2, 0.25) is 0 Å². The number of carbonyl (C=O) groups excluding carboxylic acids is 1. The summed E-state index contributed by atoms with van der Waals surface area (Å²) < 4.78 is 4.73. The van der Waals surface area contributed by atoms with Gasteiger partial charge in [0.2, 0.25) is 0 Å². The molecule has 0 spiro atoms. The summed E-state index contributed by atoms with van der Waals surface area (Å²) in [6.07, 6.45) is 0.260. The van der Waals surface area contributed by atoms with E-state index >= 15 is 0 Å². The van der Waals surface area contributed by atoms with Crippen LogP contribution in [0.5, 0.6) is 0 Å². The second-order valence-corrected chi connectivity index (χ2v) is 6.75. The SMILES string of the molecule is COC(=O)C(C)(C)Cc1csc(C(C)(C(=O)O)C(C#N)C#N)n1. The standard InChI is InChI=1S/C15H17N3O4S/c1-14(2,13(21)22-4)5-10-8-23-11(18-10)15(3,12(19)20)9(6-16)7-17/h8-9H,5H2,1-4H3,(H,19,20). The Kier molecular flexibility index (Phi) is 5.46. The maximum Gasteiger partial charge on any atom is 0.318 e. The normalized spacial score (nSPS) is 13.7. The molecule has 1 rings (SSSR count). The molecule has 8 heteroatoms. The summed E-state index contributed by atoms with van der Waals surface area (Å²) in [5, 5.41) is 29.4. The Morgan fingerprint density at radius 1 is 1.39 bits per heavy atom. The van der Waals surface area contributed by atoms with E-state index in [1.54, 1.807) is 31.4 Å². The zero-order valence-electron chi connectivity index (χ0n) is 13.3. The van der Waals surface area contributed by atoms with Gasteiger partial charge in [-0.3, -0.25) is 9.59 Å². The van der Waals surface area contributed by atoms with Gasteiger partial charge in [-0.1, -0.05) is 0 Å². The lowest BCUT2D eigenvalue weighted by molar-refractivity contribution is -0.150. The number of nitriles is 2. The van der Waals surface area contributed by atoms with E-state index in [-0.39, 0.29) is 11.4 Å². The van der Waals surface area contributed by atoms with Crippen molar-refractivity contribution in [1.82, 2.24) is 4.98 Å². The molecule has 1 heterocycles. The molecule has 1 atom stereocenters. The minimum atomic E-state index is -1.72. The molecule has 0 aliphatic heterocycles. The molecule has 0 radical (unpaired) electrons. The summed E-state index contributed by atoms with van der Waals surface area (Å²) in [4.78, 5) is 27.6. The van der Waals surface area contributed by atoms with Crippen molar-refractivity contribution in [1.29, 1.82) is 10.5 Å². The van der Waals surface area contributed by atoms with Crippen LogP contribution >= 0.6 is 11.3 Å². The molecule has 1 unspecified atom stereocenters. The molecule has 7 nitrogen and oxygen atoms in total. The maximum absolute atomic E-state index is 11.7. The predicted molar refractivity (Wildman–Crippen MR) is 81.3 cm³/mol. The molecule has 0 saturated carbocycles. The number of hydrogen-bond donors (Lipinski definition) is 1. The summed E-state index contributed by atoms with van der Waals surface area (Å²) in [7, 11) is 1.29. The molecule has 0 fully saturated rings. The number of hydrogen-bond acceptors (Lipinski definition) is 7. The van der Waals surface area contributed by atoms with E-state index in [2.05, 4.69) is 4.98 Å².